The molecule has 0 aliphatic heterocycles. The van der Waals surface area contributed by atoms with E-state index in [0.717, 1.165) is 11.8 Å². The number of thioether (sulfide) groups is 1. The number of nitro benzene ring substituents is 1. The van der Waals surface area contributed by atoms with Crippen LogP contribution in [0.25, 0.3) is 0 Å². The summed E-state index contributed by atoms with van der Waals surface area (Å²) >= 11 is 0.983. The number of aryl methyl sites for hydroxylation is 1. The highest BCUT2D eigenvalue weighted by Gasteiger charge is 2.27. The molecule has 0 radical (unpaired) electrons. The van der Waals surface area contributed by atoms with Crippen LogP contribution in [0.5, 0.6) is 5.75 Å². The molecule has 2 N–H and O–H groups in total. The molecule has 1 atom stereocenters. The Morgan fingerprint density at radius 3 is 2.59 bits per heavy atom. The van der Waals surface area contributed by atoms with Crippen LogP contribution in [-0.2, 0) is 6.54 Å². The van der Waals surface area contributed by atoms with Crippen molar-refractivity contribution in [3.63, 3.8) is 0 Å². The first kappa shape index (κ1) is 20.6. The fourth-order valence-electron chi connectivity index (χ4n) is 2.36. The molecular formula is C15H18N4O7S. The van der Waals surface area contributed by atoms with E-state index in [-0.39, 0.29) is 34.6 Å². The molecule has 1 aromatic heterocycles. The molecule has 11 nitrogen and oxygen atoms in total. The molecule has 0 saturated carbocycles. The fraction of sp³-hybridized carbons (Fsp3) is 0.400. The Kier molecular flexibility index (Phi) is 6.71. The molecular weight excluding hydrogens is 380 g/mol. The lowest BCUT2D eigenvalue weighted by Gasteiger charge is -2.11. The summed E-state index contributed by atoms with van der Waals surface area (Å²) < 4.78 is 6.51. The molecule has 2 aromatic rings. The summed E-state index contributed by atoms with van der Waals surface area (Å²) in [6.07, 6.45) is -1.04. The highest BCUT2D eigenvalue weighted by atomic mass is 32.2. The van der Waals surface area contributed by atoms with Crippen molar-refractivity contribution in [1.29, 1.82) is 0 Å². The van der Waals surface area contributed by atoms with Gasteiger partial charge in [0.15, 0.2) is 10.8 Å². The first-order valence-electron chi connectivity index (χ1n) is 7.73. The van der Waals surface area contributed by atoms with E-state index in [1.807, 2.05) is 0 Å². The minimum absolute atomic E-state index is 0.0330. The van der Waals surface area contributed by atoms with Crippen molar-refractivity contribution in [1.82, 2.24) is 9.55 Å². The summed E-state index contributed by atoms with van der Waals surface area (Å²) in [5.74, 6) is 0.121. The SMILES string of the molecule is COc1ccc(Cn2c(C)nc([N+](=O)[O-])c2SCC(O)CO)cc1[N+](=O)[O-]. The minimum Gasteiger partial charge on any atom is -0.490 e. The third-order valence-corrected chi connectivity index (χ3v) is 4.90. The van der Waals surface area contributed by atoms with E-state index in [0.29, 0.717) is 11.4 Å². The number of rotatable bonds is 9. The highest BCUT2D eigenvalue weighted by Crippen LogP contribution is 2.33. The van der Waals surface area contributed by atoms with E-state index in [1.165, 1.54) is 19.2 Å². The van der Waals surface area contributed by atoms with Crippen molar-refractivity contribution in [2.75, 3.05) is 19.5 Å². The van der Waals surface area contributed by atoms with Gasteiger partial charge in [0.2, 0.25) is 5.82 Å². The van der Waals surface area contributed by atoms with Crippen molar-refractivity contribution >= 4 is 23.3 Å². The summed E-state index contributed by atoms with van der Waals surface area (Å²) in [6.45, 7) is 1.21. The number of aromatic nitrogens is 2. The number of ether oxygens (including phenoxy) is 1. The number of nitro groups is 2. The lowest BCUT2D eigenvalue weighted by molar-refractivity contribution is -0.392. The molecule has 12 heteroatoms. The van der Waals surface area contributed by atoms with Crippen LogP contribution in [0.2, 0.25) is 0 Å². The standard InChI is InChI=1S/C15H18N4O7S/c1-9-16-14(19(24)25)15(27-8-11(21)7-20)17(9)6-10-3-4-13(26-2)12(5-10)18(22)23/h3-5,11,20-21H,6-8H2,1-2H3. The van der Waals surface area contributed by atoms with Crippen molar-refractivity contribution in [3.05, 3.63) is 49.8 Å². The lowest BCUT2D eigenvalue weighted by atomic mass is 10.2. The molecule has 146 valence electrons. The molecule has 1 aromatic carbocycles. The molecule has 2 rings (SSSR count). The van der Waals surface area contributed by atoms with Crippen LogP contribution < -0.4 is 4.74 Å². The summed E-state index contributed by atoms with van der Waals surface area (Å²) in [7, 11) is 1.33. The van der Waals surface area contributed by atoms with Gasteiger partial charge in [-0.3, -0.25) is 14.7 Å². The van der Waals surface area contributed by atoms with Crippen molar-refractivity contribution in [2.24, 2.45) is 0 Å². The second kappa shape index (κ2) is 8.79. The number of hydrogen-bond acceptors (Lipinski definition) is 9. The van der Waals surface area contributed by atoms with Gasteiger partial charge in [0.25, 0.3) is 0 Å². The number of hydrogen-bond donors (Lipinski definition) is 2. The maximum atomic E-state index is 11.3. The third kappa shape index (κ3) is 4.72. The fourth-order valence-corrected chi connectivity index (χ4v) is 3.42. The minimum atomic E-state index is -1.04. The number of imidazole rings is 1. The van der Waals surface area contributed by atoms with Gasteiger partial charge in [-0.25, -0.2) is 0 Å². The summed E-state index contributed by atoms with van der Waals surface area (Å²) in [6, 6.07) is 4.41. The maximum Gasteiger partial charge on any atom is 0.396 e. The van der Waals surface area contributed by atoms with Crippen LogP contribution in [0.4, 0.5) is 11.5 Å². The molecule has 0 fully saturated rings. The zero-order valence-electron chi connectivity index (χ0n) is 14.6. The zero-order chi connectivity index (χ0) is 20.1. The predicted molar refractivity (Wildman–Crippen MR) is 96.2 cm³/mol. The van der Waals surface area contributed by atoms with Crippen LogP contribution in [0.1, 0.15) is 11.4 Å². The molecule has 0 spiro atoms. The Bertz CT molecular complexity index is 855. The first-order valence-corrected chi connectivity index (χ1v) is 8.71. The van der Waals surface area contributed by atoms with Gasteiger partial charge in [0.1, 0.15) is 0 Å². The van der Waals surface area contributed by atoms with Gasteiger partial charge in [0, 0.05) is 18.7 Å². The van der Waals surface area contributed by atoms with Crippen LogP contribution >= 0.6 is 11.8 Å². The van der Waals surface area contributed by atoms with Gasteiger partial charge in [-0.05, 0) is 21.5 Å². The van der Waals surface area contributed by atoms with E-state index >= 15 is 0 Å². The Morgan fingerprint density at radius 2 is 2.04 bits per heavy atom. The Labute approximate surface area is 157 Å². The largest absolute Gasteiger partial charge is 0.490 e. The number of nitrogens with zero attached hydrogens (tertiary/aromatic N) is 4. The third-order valence-electron chi connectivity index (χ3n) is 3.67. The van der Waals surface area contributed by atoms with Gasteiger partial charge in [-0.2, -0.15) is 0 Å². The van der Waals surface area contributed by atoms with E-state index in [4.69, 9.17) is 9.84 Å². The molecule has 27 heavy (non-hydrogen) atoms. The number of aliphatic hydroxyl groups excluding tert-OH is 2. The molecule has 0 bridgehead atoms. The average Bonchev–Trinajstić information content (AvgIpc) is 2.95. The molecule has 0 aliphatic rings. The zero-order valence-corrected chi connectivity index (χ0v) is 15.4. The summed E-state index contributed by atoms with van der Waals surface area (Å²) in [5.41, 5.74) is 0.314. The van der Waals surface area contributed by atoms with E-state index in [1.54, 1.807) is 17.6 Å². The molecule has 0 aliphatic carbocycles. The predicted octanol–water partition coefficient (Wildman–Crippen LogP) is 1.51. The Morgan fingerprint density at radius 1 is 1.33 bits per heavy atom. The van der Waals surface area contributed by atoms with Crippen LogP contribution in [0, 0.1) is 27.2 Å². The molecule has 0 amide bonds. The number of benzene rings is 1. The first-order chi connectivity index (χ1) is 12.8. The molecule has 1 unspecified atom stereocenters. The second-order valence-electron chi connectivity index (χ2n) is 5.54. The quantitative estimate of drug-likeness (QED) is 0.363. The normalized spacial score (nSPS) is 12.0. The Hall–Kier alpha value is -2.70. The van der Waals surface area contributed by atoms with Crippen LogP contribution in [-0.4, -0.2) is 55.2 Å². The highest BCUT2D eigenvalue weighted by molar-refractivity contribution is 7.99. The smallest absolute Gasteiger partial charge is 0.396 e. The summed E-state index contributed by atoms with van der Waals surface area (Å²) in [5, 5.41) is 41.1. The average molecular weight is 398 g/mol. The van der Waals surface area contributed by atoms with Gasteiger partial charge >= 0.3 is 11.5 Å². The topological polar surface area (TPSA) is 154 Å². The monoisotopic (exact) mass is 398 g/mol. The van der Waals surface area contributed by atoms with E-state index in [2.05, 4.69) is 4.98 Å². The summed E-state index contributed by atoms with van der Waals surface area (Å²) in [4.78, 5) is 25.2. The molecule has 1 heterocycles. The van der Waals surface area contributed by atoms with E-state index in [9.17, 15) is 25.3 Å². The van der Waals surface area contributed by atoms with Crippen LogP contribution in [0.3, 0.4) is 0 Å². The number of methoxy groups -OCH3 is 1. The van der Waals surface area contributed by atoms with Crippen LogP contribution in [0.15, 0.2) is 23.2 Å². The van der Waals surface area contributed by atoms with E-state index < -0.39 is 22.6 Å². The van der Waals surface area contributed by atoms with Gasteiger partial charge < -0.3 is 25.1 Å². The Balaban J connectivity index is 2.42. The number of aliphatic hydroxyl groups is 2. The lowest BCUT2D eigenvalue weighted by Crippen LogP contribution is -2.15. The maximum absolute atomic E-state index is 11.3. The second-order valence-corrected chi connectivity index (χ2v) is 6.55. The van der Waals surface area contributed by atoms with Crippen molar-refractivity contribution in [2.45, 2.75) is 24.6 Å². The van der Waals surface area contributed by atoms with Gasteiger partial charge in [0.05, 0.1) is 31.3 Å². The van der Waals surface area contributed by atoms with Crippen molar-refractivity contribution in [3.8, 4) is 5.75 Å². The van der Waals surface area contributed by atoms with Gasteiger partial charge in [-0.15, -0.1) is 0 Å². The molecule has 0 saturated heterocycles. The van der Waals surface area contributed by atoms with Crippen molar-refractivity contribution < 1.29 is 24.8 Å². The van der Waals surface area contributed by atoms with Gasteiger partial charge in [-0.1, -0.05) is 17.8 Å².